The molecular formula is C12H7ClF3N5. The van der Waals surface area contributed by atoms with Crippen LogP contribution in [-0.4, -0.2) is 19.7 Å². The van der Waals surface area contributed by atoms with E-state index in [2.05, 4.69) is 15.1 Å². The molecule has 21 heavy (non-hydrogen) atoms. The number of anilines is 1. The summed E-state index contributed by atoms with van der Waals surface area (Å²) in [6.45, 7) is -0.355. The highest BCUT2D eigenvalue weighted by atomic mass is 35.5. The number of aromatic nitrogens is 4. The van der Waals surface area contributed by atoms with E-state index in [1.165, 1.54) is 10.9 Å². The second kappa shape index (κ2) is 4.88. The average Bonchev–Trinajstić information content (AvgIpc) is 2.82. The topological polar surface area (TPSA) is 69.6 Å². The smallest absolute Gasteiger partial charge is 0.223 e. The molecule has 0 radical (unpaired) electrons. The molecule has 5 nitrogen and oxygen atoms in total. The average molecular weight is 314 g/mol. The minimum absolute atomic E-state index is 0.0731. The van der Waals surface area contributed by atoms with Crippen molar-refractivity contribution >= 4 is 28.6 Å². The SMILES string of the molecule is Nc1nc(Cl)c2cnn(Cc3c(F)ccc(F)c3F)c2n1. The Labute approximate surface area is 121 Å². The molecule has 3 aromatic rings. The third-order valence-corrected chi connectivity index (χ3v) is 3.20. The Balaban J connectivity index is 2.13. The fraction of sp³-hybridized carbons (Fsp3) is 0.0833. The molecule has 2 heterocycles. The second-order valence-corrected chi connectivity index (χ2v) is 4.59. The molecule has 0 unspecified atom stereocenters. The quantitative estimate of drug-likeness (QED) is 0.583. The zero-order valence-electron chi connectivity index (χ0n) is 10.3. The molecule has 2 aromatic heterocycles. The lowest BCUT2D eigenvalue weighted by Gasteiger charge is -2.07. The highest BCUT2D eigenvalue weighted by Crippen LogP contribution is 2.23. The first-order chi connectivity index (χ1) is 9.97. The van der Waals surface area contributed by atoms with Gasteiger partial charge in [0.25, 0.3) is 0 Å². The van der Waals surface area contributed by atoms with E-state index in [0.717, 1.165) is 6.07 Å². The maximum absolute atomic E-state index is 13.7. The van der Waals surface area contributed by atoms with E-state index in [0.29, 0.717) is 11.5 Å². The van der Waals surface area contributed by atoms with Gasteiger partial charge >= 0.3 is 0 Å². The molecule has 0 aliphatic heterocycles. The largest absolute Gasteiger partial charge is 0.368 e. The van der Waals surface area contributed by atoms with E-state index in [4.69, 9.17) is 17.3 Å². The van der Waals surface area contributed by atoms with Crippen LogP contribution in [-0.2, 0) is 6.54 Å². The highest BCUT2D eigenvalue weighted by molar-refractivity contribution is 6.34. The van der Waals surface area contributed by atoms with Gasteiger partial charge in [0.1, 0.15) is 11.0 Å². The lowest BCUT2D eigenvalue weighted by Crippen LogP contribution is -2.09. The summed E-state index contributed by atoms with van der Waals surface area (Å²) in [5.41, 5.74) is 5.21. The molecule has 0 spiro atoms. The van der Waals surface area contributed by atoms with E-state index in [9.17, 15) is 13.2 Å². The molecular weight excluding hydrogens is 307 g/mol. The highest BCUT2D eigenvalue weighted by Gasteiger charge is 2.17. The minimum Gasteiger partial charge on any atom is -0.368 e. The summed E-state index contributed by atoms with van der Waals surface area (Å²) in [6.07, 6.45) is 1.34. The molecule has 1 aromatic carbocycles. The number of nitrogens with two attached hydrogens (primary N) is 1. The Kier molecular flexibility index (Phi) is 3.17. The zero-order valence-corrected chi connectivity index (χ0v) is 11.1. The molecule has 0 atom stereocenters. The molecule has 9 heteroatoms. The van der Waals surface area contributed by atoms with Crippen LogP contribution in [0.2, 0.25) is 5.15 Å². The summed E-state index contributed by atoms with van der Waals surface area (Å²) >= 11 is 5.87. The first-order valence-corrected chi connectivity index (χ1v) is 6.12. The second-order valence-electron chi connectivity index (χ2n) is 4.23. The van der Waals surface area contributed by atoms with Gasteiger partial charge in [0, 0.05) is 5.56 Å². The third-order valence-electron chi connectivity index (χ3n) is 2.91. The summed E-state index contributed by atoms with van der Waals surface area (Å²) < 4.78 is 41.7. The number of fused-ring (bicyclic) bond motifs is 1. The monoisotopic (exact) mass is 313 g/mol. The molecule has 0 fully saturated rings. The maximum Gasteiger partial charge on any atom is 0.223 e. The number of hydrogen-bond acceptors (Lipinski definition) is 4. The fourth-order valence-corrected chi connectivity index (χ4v) is 2.14. The van der Waals surface area contributed by atoms with Gasteiger partial charge in [0.2, 0.25) is 5.95 Å². The van der Waals surface area contributed by atoms with Crippen molar-refractivity contribution in [2.75, 3.05) is 5.73 Å². The van der Waals surface area contributed by atoms with Crippen molar-refractivity contribution in [3.05, 3.63) is 46.5 Å². The van der Waals surface area contributed by atoms with E-state index < -0.39 is 23.0 Å². The Morgan fingerprint density at radius 1 is 1.14 bits per heavy atom. The molecule has 0 saturated carbocycles. The lowest BCUT2D eigenvalue weighted by molar-refractivity contribution is 0.471. The zero-order chi connectivity index (χ0) is 15.1. The van der Waals surface area contributed by atoms with Crippen LogP contribution in [0, 0.1) is 17.5 Å². The van der Waals surface area contributed by atoms with Crippen LogP contribution in [0.4, 0.5) is 19.1 Å². The van der Waals surface area contributed by atoms with E-state index in [-0.39, 0.29) is 23.3 Å². The van der Waals surface area contributed by atoms with Crippen LogP contribution >= 0.6 is 11.6 Å². The van der Waals surface area contributed by atoms with Crippen LogP contribution in [0.1, 0.15) is 5.56 Å². The number of nitrogens with zero attached hydrogens (tertiary/aromatic N) is 4. The van der Waals surface area contributed by atoms with Gasteiger partial charge in [-0.05, 0) is 12.1 Å². The van der Waals surface area contributed by atoms with Gasteiger partial charge in [-0.15, -0.1) is 0 Å². The number of rotatable bonds is 2. The van der Waals surface area contributed by atoms with Gasteiger partial charge in [-0.2, -0.15) is 10.1 Å². The normalized spacial score (nSPS) is 11.2. The van der Waals surface area contributed by atoms with Crippen LogP contribution in [0.3, 0.4) is 0 Å². The predicted octanol–water partition coefficient (Wildman–Crippen LogP) is 2.53. The summed E-state index contributed by atoms with van der Waals surface area (Å²) in [6, 6.07) is 1.56. The fourth-order valence-electron chi connectivity index (χ4n) is 1.92. The summed E-state index contributed by atoms with van der Waals surface area (Å²) in [5.74, 6) is -3.40. The van der Waals surface area contributed by atoms with E-state index >= 15 is 0 Å². The maximum atomic E-state index is 13.7. The van der Waals surface area contributed by atoms with Gasteiger partial charge < -0.3 is 5.73 Å². The molecule has 0 saturated heterocycles. The van der Waals surface area contributed by atoms with Crippen LogP contribution in [0.15, 0.2) is 18.3 Å². The van der Waals surface area contributed by atoms with Crippen molar-refractivity contribution in [3.8, 4) is 0 Å². The standard InChI is InChI=1S/C12H7ClF3N5/c13-10-5-3-18-21(11(5)20-12(17)19-10)4-6-7(14)1-2-8(15)9(6)16/h1-3H,4H2,(H2,17,19,20). The van der Waals surface area contributed by atoms with Crippen molar-refractivity contribution in [2.45, 2.75) is 6.54 Å². The van der Waals surface area contributed by atoms with Crippen LogP contribution < -0.4 is 5.73 Å². The van der Waals surface area contributed by atoms with Crippen molar-refractivity contribution in [3.63, 3.8) is 0 Å². The van der Waals surface area contributed by atoms with E-state index in [1.807, 2.05) is 0 Å². The molecule has 108 valence electrons. The van der Waals surface area contributed by atoms with Crippen molar-refractivity contribution < 1.29 is 13.2 Å². The molecule has 0 bridgehead atoms. The van der Waals surface area contributed by atoms with Crippen molar-refractivity contribution in [1.29, 1.82) is 0 Å². The molecule has 3 rings (SSSR count). The number of nitrogen functional groups attached to an aromatic ring is 1. The van der Waals surface area contributed by atoms with Gasteiger partial charge in [-0.25, -0.2) is 22.8 Å². The third kappa shape index (κ3) is 2.27. The molecule has 2 N–H and O–H groups in total. The molecule has 0 amide bonds. The van der Waals surface area contributed by atoms with Crippen LogP contribution in [0.5, 0.6) is 0 Å². The van der Waals surface area contributed by atoms with Gasteiger partial charge in [0.05, 0.1) is 18.1 Å². The Bertz CT molecular complexity index is 849. The van der Waals surface area contributed by atoms with Crippen molar-refractivity contribution in [2.24, 2.45) is 0 Å². The summed E-state index contributed by atoms with van der Waals surface area (Å²) in [7, 11) is 0. The molecule has 0 aliphatic rings. The summed E-state index contributed by atoms with van der Waals surface area (Å²) in [4.78, 5) is 7.66. The Morgan fingerprint density at radius 2 is 1.86 bits per heavy atom. The van der Waals surface area contributed by atoms with Crippen LogP contribution in [0.25, 0.3) is 11.0 Å². The number of benzene rings is 1. The first kappa shape index (κ1) is 13.6. The van der Waals surface area contributed by atoms with Gasteiger partial charge in [-0.1, -0.05) is 11.6 Å². The van der Waals surface area contributed by atoms with Gasteiger partial charge in [-0.3, -0.25) is 0 Å². The predicted molar refractivity (Wildman–Crippen MR) is 70.2 cm³/mol. The Hall–Kier alpha value is -2.35. The van der Waals surface area contributed by atoms with Gasteiger partial charge in [0.15, 0.2) is 17.3 Å². The minimum atomic E-state index is -1.27. The first-order valence-electron chi connectivity index (χ1n) is 5.74. The lowest BCUT2D eigenvalue weighted by atomic mass is 10.2. The number of hydrogen-bond donors (Lipinski definition) is 1. The number of halogens is 4. The van der Waals surface area contributed by atoms with E-state index in [1.54, 1.807) is 0 Å². The molecule has 0 aliphatic carbocycles. The Morgan fingerprint density at radius 3 is 2.62 bits per heavy atom. The summed E-state index contributed by atoms with van der Waals surface area (Å²) in [5, 5.41) is 4.37. The van der Waals surface area contributed by atoms with Crippen molar-refractivity contribution in [1.82, 2.24) is 19.7 Å².